The van der Waals surface area contributed by atoms with Gasteiger partial charge in [0.15, 0.2) is 5.69 Å². The maximum Gasteiger partial charge on any atom is 0.357 e. The van der Waals surface area contributed by atoms with Crippen LogP contribution in [0.3, 0.4) is 0 Å². The lowest BCUT2D eigenvalue weighted by molar-refractivity contribution is 0.0691. The van der Waals surface area contributed by atoms with E-state index in [9.17, 15) is 14.3 Å². The summed E-state index contributed by atoms with van der Waals surface area (Å²) in [5.74, 6) is -1.14. The van der Waals surface area contributed by atoms with Crippen LogP contribution in [0, 0.1) is 0 Å². The van der Waals surface area contributed by atoms with E-state index in [1.54, 1.807) is 36.4 Å². The molecular formula is C16H11Cl2FN2O2. The third-order valence-corrected chi connectivity index (χ3v) is 4.10. The Morgan fingerprint density at radius 2 is 2.00 bits per heavy atom. The van der Waals surface area contributed by atoms with E-state index in [-0.39, 0.29) is 12.2 Å². The van der Waals surface area contributed by atoms with Crippen LogP contribution in [0.15, 0.2) is 36.4 Å². The predicted octanol–water partition coefficient (Wildman–Crippen LogP) is 4.56. The van der Waals surface area contributed by atoms with Crippen molar-refractivity contribution >= 4 is 40.1 Å². The number of carboxylic acid groups (broad SMARTS) is 1. The zero-order chi connectivity index (χ0) is 16.6. The second kappa shape index (κ2) is 6.18. The Balaban J connectivity index is 2.14. The average molecular weight is 353 g/mol. The predicted molar refractivity (Wildman–Crippen MR) is 87.1 cm³/mol. The van der Waals surface area contributed by atoms with Crippen LogP contribution in [0.2, 0.25) is 10.0 Å². The Kier molecular flexibility index (Phi) is 4.24. The first-order valence-electron chi connectivity index (χ1n) is 6.72. The molecule has 0 radical (unpaired) electrons. The van der Waals surface area contributed by atoms with E-state index in [0.29, 0.717) is 26.5 Å². The van der Waals surface area contributed by atoms with Gasteiger partial charge in [-0.05, 0) is 35.4 Å². The molecule has 4 nitrogen and oxygen atoms in total. The van der Waals surface area contributed by atoms with E-state index in [1.807, 2.05) is 0 Å². The second-order valence-electron chi connectivity index (χ2n) is 5.03. The molecule has 0 saturated carbocycles. The van der Waals surface area contributed by atoms with Crippen LogP contribution in [-0.2, 0) is 13.2 Å². The van der Waals surface area contributed by atoms with Crippen LogP contribution < -0.4 is 0 Å². The van der Waals surface area contributed by atoms with E-state index in [0.717, 1.165) is 5.56 Å². The van der Waals surface area contributed by atoms with Crippen LogP contribution in [0.1, 0.15) is 21.6 Å². The van der Waals surface area contributed by atoms with Gasteiger partial charge in [0.25, 0.3) is 0 Å². The first kappa shape index (κ1) is 15.8. The number of hydrogen-bond acceptors (Lipinski definition) is 2. The number of carbonyl (C=O) groups is 1. The Morgan fingerprint density at radius 3 is 2.65 bits per heavy atom. The van der Waals surface area contributed by atoms with Gasteiger partial charge in [0.2, 0.25) is 0 Å². The standard InChI is InChI=1S/C16H11Cl2FN2O2/c17-11-3-2-10(13(18)6-11)8-21-14-5-9(7-19)1-4-12(14)15(20-21)16(22)23/h1-6H,7-8H2,(H,22,23). The number of hydrogen-bond donors (Lipinski definition) is 1. The van der Waals surface area contributed by atoms with Crippen molar-refractivity contribution in [2.24, 2.45) is 0 Å². The van der Waals surface area contributed by atoms with E-state index in [2.05, 4.69) is 5.10 Å². The molecule has 1 heterocycles. The summed E-state index contributed by atoms with van der Waals surface area (Å²) in [5.41, 5.74) is 1.67. The van der Waals surface area contributed by atoms with Crippen molar-refractivity contribution in [3.05, 3.63) is 63.3 Å². The van der Waals surface area contributed by atoms with Gasteiger partial charge in [-0.3, -0.25) is 4.68 Å². The van der Waals surface area contributed by atoms with Crippen molar-refractivity contribution in [3.8, 4) is 0 Å². The third-order valence-electron chi connectivity index (χ3n) is 3.51. The zero-order valence-corrected chi connectivity index (χ0v) is 13.3. The Morgan fingerprint density at radius 1 is 1.22 bits per heavy atom. The molecule has 3 rings (SSSR count). The van der Waals surface area contributed by atoms with Crippen molar-refractivity contribution in [2.45, 2.75) is 13.2 Å². The Bertz CT molecular complexity index is 908. The van der Waals surface area contributed by atoms with E-state index < -0.39 is 12.6 Å². The number of rotatable bonds is 4. The summed E-state index contributed by atoms with van der Waals surface area (Å²) in [5, 5.41) is 14.8. The number of benzene rings is 2. The minimum Gasteiger partial charge on any atom is -0.476 e. The summed E-state index contributed by atoms with van der Waals surface area (Å²) in [6.07, 6.45) is 0. The molecule has 0 spiro atoms. The largest absolute Gasteiger partial charge is 0.476 e. The average Bonchev–Trinajstić information content (AvgIpc) is 2.88. The summed E-state index contributed by atoms with van der Waals surface area (Å²) in [6.45, 7) is -0.374. The van der Waals surface area contributed by atoms with E-state index >= 15 is 0 Å². The number of aromatic carboxylic acids is 1. The maximum atomic E-state index is 12.9. The van der Waals surface area contributed by atoms with Crippen LogP contribution in [0.25, 0.3) is 10.9 Å². The molecule has 0 bridgehead atoms. The molecule has 118 valence electrons. The minimum absolute atomic E-state index is 0.0736. The van der Waals surface area contributed by atoms with Crippen LogP contribution in [-0.4, -0.2) is 20.9 Å². The number of nitrogens with zero attached hydrogens (tertiary/aromatic N) is 2. The molecule has 23 heavy (non-hydrogen) atoms. The fourth-order valence-corrected chi connectivity index (χ4v) is 2.86. The monoisotopic (exact) mass is 352 g/mol. The van der Waals surface area contributed by atoms with Crippen LogP contribution in [0.4, 0.5) is 4.39 Å². The van der Waals surface area contributed by atoms with Gasteiger partial charge in [-0.15, -0.1) is 0 Å². The maximum absolute atomic E-state index is 12.9. The SMILES string of the molecule is O=C(O)c1nn(Cc2ccc(Cl)cc2Cl)c2cc(CF)ccc12. The summed E-state index contributed by atoms with van der Waals surface area (Å²) in [4.78, 5) is 11.4. The highest BCUT2D eigenvalue weighted by atomic mass is 35.5. The number of alkyl halides is 1. The summed E-state index contributed by atoms with van der Waals surface area (Å²) >= 11 is 12.0. The molecular weight excluding hydrogens is 342 g/mol. The first-order chi connectivity index (χ1) is 11.0. The van der Waals surface area contributed by atoms with E-state index in [4.69, 9.17) is 23.2 Å². The number of halogens is 3. The Labute approximate surface area is 141 Å². The highest BCUT2D eigenvalue weighted by molar-refractivity contribution is 6.35. The van der Waals surface area contributed by atoms with Gasteiger partial charge in [-0.2, -0.15) is 5.10 Å². The fourth-order valence-electron chi connectivity index (χ4n) is 2.39. The number of fused-ring (bicyclic) bond motifs is 1. The molecule has 3 aromatic rings. The molecule has 0 aliphatic rings. The van der Waals surface area contributed by atoms with Crippen molar-refractivity contribution < 1.29 is 14.3 Å². The third kappa shape index (κ3) is 3.02. The van der Waals surface area contributed by atoms with Crippen molar-refractivity contribution in [1.29, 1.82) is 0 Å². The molecule has 0 fully saturated rings. The normalized spacial score (nSPS) is 11.1. The van der Waals surface area contributed by atoms with Gasteiger partial charge in [-0.1, -0.05) is 35.3 Å². The molecule has 2 aromatic carbocycles. The quantitative estimate of drug-likeness (QED) is 0.748. The van der Waals surface area contributed by atoms with Crippen molar-refractivity contribution in [3.63, 3.8) is 0 Å². The van der Waals surface area contributed by atoms with Crippen LogP contribution >= 0.6 is 23.2 Å². The minimum atomic E-state index is -1.14. The Hall–Kier alpha value is -2.11. The lowest BCUT2D eigenvalue weighted by Gasteiger charge is -2.07. The molecule has 1 aromatic heterocycles. The van der Waals surface area contributed by atoms with Crippen LogP contribution in [0.5, 0.6) is 0 Å². The van der Waals surface area contributed by atoms with Crippen molar-refractivity contribution in [2.75, 3.05) is 0 Å². The lowest BCUT2D eigenvalue weighted by atomic mass is 10.1. The topological polar surface area (TPSA) is 55.1 Å². The van der Waals surface area contributed by atoms with Crippen molar-refractivity contribution in [1.82, 2.24) is 9.78 Å². The summed E-state index contributed by atoms with van der Waals surface area (Å²) in [7, 11) is 0. The molecule has 7 heteroatoms. The second-order valence-corrected chi connectivity index (χ2v) is 5.88. The van der Waals surface area contributed by atoms with E-state index in [1.165, 1.54) is 4.68 Å². The molecule has 0 saturated heterocycles. The highest BCUT2D eigenvalue weighted by Gasteiger charge is 2.17. The van der Waals surface area contributed by atoms with Gasteiger partial charge in [0, 0.05) is 15.4 Å². The van der Waals surface area contributed by atoms with Gasteiger partial charge in [0.1, 0.15) is 6.67 Å². The van der Waals surface area contributed by atoms with Gasteiger partial charge in [0.05, 0.1) is 12.1 Å². The zero-order valence-electron chi connectivity index (χ0n) is 11.8. The highest BCUT2D eigenvalue weighted by Crippen LogP contribution is 2.25. The molecule has 1 N–H and O–H groups in total. The molecule has 0 amide bonds. The fraction of sp³-hybridized carbons (Fsp3) is 0.125. The molecule has 0 aliphatic carbocycles. The molecule has 0 unspecified atom stereocenters. The molecule has 0 aliphatic heterocycles. The summed E-state index contributed by atoms with van der Waals surface area (Å²) < 4.78 is 14.4. The summed E-state index contributed by atoms with van der Waals surface area (Å²) in [6, 6.07) is 9.77. The van der Waals surface area contributed by atoms with Gasteiger partial charge >= 0.3 is 5.97 Å². The van der Waals surface area contributed by atoms with Gasteiger partial charge < -0.3 is 5.11 Å². The number of carboxylic acids is 1. The molecule has 0 atom stereocenters. The first-order valence-corrected chi connectivity index (χ1v) is 7.48. The van der Waals surface area contributed by atoms with Gasteiger partial charge in [-0.25, -0.2) is 9.18 Å². The lowest BCUT2D eigenvalue weighted by Crippen LogP contribution is -2.05. The smallest absolute Gasteiger partial charge is 0.357 e. The number of aromatic nitrogens is 2.